The summed E-state index contributed by atoms with van der Waals surface area (Å²) in [6, 6.07) is 0. The first-order valence-corrected chi connectivity index (χ1v) is 4.87. The van der Waals surface area contributed by atoms with Crippen LogP contribution >= 0.6 is 0 Å². The van der Waals surface area contributed by atoms with Crippen LogP contribution in [0, 0.1) is 5.92 Å². The van der Waals surface area contributed by atoms with Crippen molar-refractivity contribution in [2.75, 3.05) is 20.2 Å². The Morgan fingerprint density at radius 3 is 3.07 bits per heavy atom. The van der Waals surface area contributed by atoms with Gasteiger partial charge >= 0.3 is 5.97 Å². The van der Waals surface area contributed by atoms with Gasteiger partial charge in [0.05, 0.1) is 24.9 Å². The number of aromatic nitrogens is 3. The van der Waals surface area contributed by atoms with Gasteiger partial charge in [-0.05, 0) is 0 Å². The second kappa shape index (κ2) is 3.98. The highest BCUT2D eigenvalue weighted by Gasteiger charge is 2.36. The Labute approximate surface area is 87.6 Å². The van der Waals surface area contributed by atoms with E-state index >= 15 is 0 Å². The normalized spacial score (nSPS) is 25.5. The van der Waals surface area contributed by atoms with Crippen molar-refractivity contribution in [1.82, 2.24) is 20.3 Å². The fraction of sp³-hybridized carbons (Fsp3) is 0.667. The molecular formula is C9H14N4O2. The SMILES string of the molecule is COC(=O)C1CNCC1c1cnn(C)n1. The minimum Gasteiger partial charge on any atom is -0.469 e. The smallest absolute Gasteiger partial charge is 0.310 e. The average Bonchev–Trinajstić information content (AvgIpc) is 2.84. The molecule has 1 aliphatic rings. The number of carbonyl (C=O) groups excluding carboxylic acids is 1. The molecule has 0 aliphatic carbocycles. The zero-order chi connectivity index (χ0) is 10.8. The molecule has 1 fully saturated rings. The van der Waals surface area contributed by atoms with Crippen LogP contribution in [0.15, 0.2) is 6.20 Å². The van der Waals surface area contributed by atoms with Crippen LogP contribution in [0.25, 0.3) is 0 Å². The zero-order valence-electron chi connectivity index (χ0n) is 8.80. The zero-order valence-corrected chi connectivity index (χ0v) is 8.80. The van der Waals surface area contributed by atoms with Crippen LogP contribution in [0.4, 0.5) is 0 Å². The van der Waals surface area contributed by atoms with E-state index < -0.39 is 0 Å². The summed E-state index contributed by atoms with van der Waals surface area (Å²) in [6.45, 7) is 1.40. The van der Waals surface area contributed by atoms with E-state index in [2.05, 4.69) is 15.5 Å². The molecule has 1 aromatic heterocycles. The molecule has 2 rings (SSSR count). The van der Waals surface area contributed by atoms with Crippen molar-refractivity contribution in [3.8, 4) is 0 Å². The van der Waals surface area contributed by atoms with E-state index in [1.54, 1.807) is 13.2 Å². The minimum atomic E-state index is -0.185. The van der Waals surface area contributed by atoms with Gasteiger partial charge in [0, 0.05) is 26.1 Å². The van der Waals surface area contributed by atoms with Gasteiger partial charge in [0.15, 0.2) is 0 Å². The Morgan fingerprint density at radius 1 is 1.67 bits per heavy atom. The third kappa shape index (κ3) is 1.85. The third-order valence-electron chi connectivity index (χ3n) is 2.72. The Kier molecular flexibility index (Phi) is 2.68. The average molecular weight is 210 g/mol. The van der Waals surface area contributed by atoms with Gasteiger partial charge in [-0.3, -0.25) is 4.79 Å². The number of carbonyl (C=O) groups is 1. The predicted octanol–water partition coefficient (Wildman–Crippen LogP) is -0.709. The molecule has 6 nitrogen and oxygen atoms in total. The molecule has 1 aromatic rings. The maximum absolute atomic E-state index is 11.5. The Bertz CT molecular complexity index is 363. The number of hydrogen-bond acceptors (Lipinski definition) is 5. The molecule has 0 amide bonds. The number of esters is 1. The monoisotopic (exact) mass is 210 g/mol. The van der Waals surface area contributed by atoms with Crippen LogP contribution in [0.2, 0.25) is 0 Å². The molecule has 1 saturated heterocycles. The van der Waals surface area contributed by atoms with Gasteiger partial charge in [-0.25, -0.2) is 0 Å². The second-order valence-corrected chi connectivity index (χ2v) is 3.65. The summed E-state index contributed by atoms with van der Waals surface area (Å²) in [4.78, 5) is 13.0. The van der Waals surface area contributed by atoms with Crippen LogP contribution in [-0.4, -0.2) is 41.2 Å². The number of aryl methyl sites for hydroxylation is 1. The fourth-order valence-corrected chi connectivity index (χ4v) is 1.92. The van der Waals surface area contributed by atoms with Gasteiger partial charge in [0.1, 0.15) is 0 Å². The first kappa shape index (κ1) is 10.1. The third-order valence-corrected chi connectivity index (χ3v) is 2.72. The van der Waals surface area contributed by atoms with Crippen molar-refractivity contribution < 1.29 is 9.53 Å². The summed E-state index contributed by atoms with van der Waals surface area (Å²) in [6.07, 6.45) is 1.70. The van der Waals surface area contributed by atoms with Crippen LogP contribution in [-0.2, 0) is 16.6 Å². The van der Waals surface area contributed by atoms with E-state index in [0.717, 1.165) is 12.2 Å². The van der Waals surface area contributed by atoms with Crippen LogP contribution in [0.3, 0.4) is 0 Å². The lowest BCUT2D eigenvalue weighted by Gasteiger charge is -2.13. The first-order chi connectivity index (χ1) is 7.22. The number of hydrogen-bond donors (Lipinski definition) is 1. The van der Waals surface area contributed by atoms with Crippen LogP contribution in [0.1, 0.15) is 11.6 Å². The molecule has 1 aliphatic heterocycles. The topological polar surface area (TPSA) is 69.0 Å². The van der Waals surface area contributed by atoms with Crippen molar-refractivity contribution in [1.29, 1.82) is 0 Å². The van der Waals surface area contributed by atoms with E-state index in [0.29, 0.717) is 6.54 Å². The Hall–Kier alpha value is -1.43. The Morgan fingerprint density at radius 2 is 2.47 bits per heavy atom. The molecule has 0 radical (unpaired) electrons. The largest absolute Gasteiger partial charge is 0.469 e. The van der Waals surface area contributed by atoms with E-state index in [1.807, 2.05) is 0 Å². The standard InChI is InChI=1S/C9H14N4O2/c1-13-11-5-8(12-13)6-3-10-4-7(6)9(14)15-2/h5-7,10H,3-4H2,1-2H3. The summed E-state index contributed by atoms with van der Waals surface area (Å²) in [7, 11) is 3.17. The fourth-order valence-electron chi connectivity index (χ4n) is 1.92. The van der Waals surface area contributed by atoms with Crippen LogP contribution < -0.4 is 5.32 Å². The Balaban J connectivity index is 2.18. The maximum atomic E-state index is 11.5. The number of methoxy groups -OCH3 is 1. The van der Waals surface area contributed by atoms with Crippen molar-refractivity contribution in [2.24, 2.45) is 13.0 Å². The highest BCUT2D eigenvalue weighted by molar-refractivity contribution is 5.74. The molecule has 0 saturated carbocycles. The predicted molar refractivity (Wildman–Crippen MR) is 52.1 cm³/mol. The van der Waals surface area contributed by atoms with E-state index in [4.69, 9.17) is 4.74 Å². The lowest BCUT2D eigenvalue weighted by atomic mass is 9.93. The van der Waals surface area contributed by atoms with Crippen molar-refractivity contribution in [3.05, 3.63) is 11.9 Å². The molecule has 2 atom stereocenters. The number of ether oxygens (including phenoxy) is 1. The van der Waals surface area contributed by atoms with Gasteiger partial charge < -0.3 is 10.1 Å². The summed E-state index contributed by atoms with van der Waals surface area (Å²) in [5.41, 5.74) is 0.845. The number of nitrogens with zero attached hydrogens (tertiary/aromatic N) is 3. The molecule has 6 heteroatoms. The lowest BCUT2D eigenvalue weighted by Crippen LogP contribution is -2.23. The maximum Gasteiger partial charge on any atom is 0.310 e. The molecule has 15 heavy (non-hydrogen) atoms. The van der Waals surface area contributed by atoms with E-state index in [9.17, 15) is 4.79 Å². The second-order valence-electron chi connectivity index (χ2n) is 3.65. The number of rotatable bonds is 2. The molecule has 2 unspecified atom stereocenters. The lowest BCUT2D eigenvalue weighted by molar-refractivity contribution is -0.145. The van der Waals surface area contributed by atoms with Gasteiger partial charge in [-0.15, -0.1) is 0 Å². The van der Waals surface area contributed by atoms with Crippen molar-refractivity contribution >= 4 is 5.97 Å². The quantitative estimate of drug-likeness (QED) is 0.653. The highest BCUT2D eigenvalue weighted by Crippen LogP contribution is 2.26. The van der Waals surface area contributed by atoms with Crippen molar-refractivity contribution in [2.45, 2.75) is 5.92 Å². The molecule has 82 valence electrons. The van der Waals surface area contributed by atoms with Gasteiger partial charge in [-0.1, -0.05) is 0 Å². The summed E-state index contributed by atoms with van der Waals surface area (Å²) < 4.78 is 4.76. The van der Waals surface area contributed by atoms with Gasteiger partial charge in [-0.2, -0.15) is 15.0 Å². The minimum absolute atomic E-state index is 0.0751. The van der Waals surface area contributed by atoms with Gasteiger partial charge in [0.25, 0.3) is 0 Å². The summed E-state index contributed by atoms with van der Waals surface area (Å²) >= 11 is 0. The molecule has 0 aromatic carbocycles. The molecule has 1 N–H and O–H groups in total. The molecule has 2 heterocycles. The highest BCUT2D eigenvalue weighted by atomic mass is 16.5. The summed E-state index contributed by atoms with van der Waals surface area (Å²) in [5.74, 6) is -0.256. The van der Waals surface area contributed by atoms with E-state index in [-0.39, 0.29) is 17.8 Å². The molecule has 0 spiro atoms. The van der Waals surface area contributed by atoms with Crippen molar-refractivity contribution in [3.63, 3.8) is 0 Å². The molecule has 0 bridgehead atoms. The van der Waals surface area contributed by atoms with Crippen LogP contribution in [0.5, 0.6) is 0 Å². The number of nitrogens with one attached hydrogen (secondary N) is 1. The summed E-state index contributed by atoms with van der Waals surface area (Å²) in [5, 5.41) is 11.4. The van der Waals surface area contributed by atoms with Gasteiger partial charge in [0.2, 0.25) is 0 Å². The van der Waals surface area contributed by atoms with E-state index in [1.165, 1.54) is 11.9 Å². The first-order valence-electron chi connectivity index (χ1n) is 4.87. The molecular weight excluding hydrogens is 196 g/mol.